The van der Waals surface area contributed by atoms with E-state index in [-0.39, 0.29) is 0 Å². The Kier molecular flexibility index (Phi) is 2.36. The van der Waals surface area contributed by atoms with Crippen molar-refractivity contribution >= 4 is 12.0 Å². The van der Waals surface area contributed by atoms with E-state index in [1.165, 1.54) is 6.08 Å². The number of hydroxylamine groups is 2. The Bertz CT molecular complexity index is 376. The number of carbonyl (C=O) groups is 2. The maximum Gasteiger partial charge on any atom is 0.429 e. The molecule has 1 fully saturated rings. The molecule has 2 rings (SSSR count). The van der Waals surface area contributed by atoms with Crippen LogP contribution in [-0.2, 0) is 19.1 Å². The molecule has 7 nitrogen and oxygen atoms in total. The lowest BCUT2D eigenvalue weighted by Gasteiger charge is -2.31. The maximum atomic E-state index is 11.1. The number of amides is 2. The van der Waals surface area contributed by atoms with Gasteiger partial charge in [0.05, 0.1) is 12.3 Å². The Morgan fingerprint density at radius 2 is 2.38 bits per heavy atom. The first kappa shape index (κ1) is 10.9. The molecule has 16 heavy (non-hydrogen) atoms. The molecule has 0 spiro atoms. The van der Waals surface area contributed by atoms with Gasteiger partial charge in [-0.2, -0.15) is 0 Å². The van der Waals surface area contributed by atoms with Crippen molar-refractivity contribution in [2.75, 3.05) is 6.61 Å². The number of hydrogen-bond acceptors (Lipinski definition) is 5. The summed E-state index contributed by atoms with van der Waals surface area (Å²) in [6.07, 6.45) is -0.151. The summed E-state index contributed by atoms with van der Waals surface area (Å²) in [5.74, 6) is -1.15. The highest BCUT2D eigenvalue weighted by Gasteiger charge is 2.43. The molecule has 0 aromatic rings. The van der Waals surface area contributed by atoms with Gasteiger partial charge in [0.25, 0.3) is 5.91 Å². The molecule has 0 unspecified atom stereocenters. The van der Waals surface area contributed by atoms with Gasteiger partial charge in [-0.15, -0.1) is 5.06 Å². The smallest absolute Gasteiger partial charge is 0.347 e. The van der Waals surface area contributed by atoms with Crippen LogP contribution in [0.25, 0.3) is 0 Å². The van der Waals surface area contributed by atoms with Crippen molar-refractivity contribution in [1.29, 1.82) is 0 Å². The van der Waals surface area contributed by atoms with E-state index < -0.39 is 23.9 Å². The van der Waals surface area contributed by atoms with Crippen LogP contribution in [0.3, 0.4) is 0 Å². The molecule has 0 radical (unpaired) electrons. The summed E-state index contributed by atoms with van der Waals surface area (Å²) in [5, 5.41) is 0.817. The van der Waals surface area contributed by atoms with E-state index in [9.17, 15) is 9.59 Å². The second-order valence-electron chi connectivity index (χ2n) is 3.93. The summed E-state index contributed by atoms with van der Waals surface area (Å²) in [7, 11) is 0. The topological polar surface area (TPSA) is 91.1 Å². The predicted molar refractivity (Wildman–Crippen MR) is 50.5 cm³/mol. The van der Waals surface area contributed by atoms with Gasteiger partial charge in [-0.05, 0) is 13.8 Å². The van der Waals surface area contributed by atoms with E-state index in [2.05, 4.69) is 4.84 Å². The molecule has 7 heteroatoms. The Labute approximate surface area is 91.7 Å². The lowest BCUT2D eigenvalue weighted by Crippen LogP contribution is -2.45. The molecule has 1 atom stereocenters. The molecule has 0 aromatic carbocycles. The number of ether oxygens (including phenoxy) is 2. The van der Waals surface area contributed by atoms with Crippen molar-refractivity contribution < 1.29 is 23.9 Å². The van der Waals surface area contributed by atoms with E-state index in [4.69, 9.17) is 15.2 Å². The first-order valence-electron chi connectivity index (χ1n) is 4.74. The third-order valence-corrected chi connectivity index (χ3v) is 2.23. The largest absolute Gasteiger partial charge is 0.429 e. The van der Waals surface area contributed by atoms with E-state index in [0.29, 0.717) is 12.3 Å². The standard InChI is InChI=1S/C9H12N2O5/c1-9(2)14-4-6(15-9)5-3-7(12)11(5)16-8(10)13/h3,6H,4H2,1-2H3,(H2,10,13)/t6-/m0/s1. The van der Waals surface area contributed by atoms with Crippen LogP contribution < -0.4 is 5.73 Å². The van der Waals surface area contributed by atoms with Crippen molar-refractivity contribution in [3.63, 3.8) is 0 Å². The van der Waals surface area contributed by atoms with Crippen LogP contribution in [-0.4, -0.2) is 35.6 Å². The molecule has 0 aromatic heterocycles. The fourth-order valence-electron chi connectivity index (χ4n) is 1.55. The minimum absolute atomic E-state index is 0.296. The minimum atomic E-state index is -1.04. The monoisotopic (exact) mass is 228 g/mol. The quantitative estimate of drug-likeness (QED) is 0.711. The van der Waals surface area contributed by atoms with Gasteiger partial charge in [0, 0.05) is 6.08 Å². The maximum absolute atomic E-state index is 11.1. The highest BCUT2D eigenvalue weighted by molar-refractivity contribution is 5.96. The Hall–Kier alpha value is -1.60. The summed E-state index contributed by atoms with van der Waals surface area (Å²) >= 11 is 0. The average Bonchev–Trinajstić information content (AvgIpc) is 2.51. The van der Waals surface area contributed by atoms with Gasteiger partial charge < -0.3 is 20.0 Å². The van der Waals surface area contributed by atoms with Crippen LogP contribution in [0.1, 0.15) is 13.8 Å². The number of nitrogens with two attached hydrogens (primary N) is 1. The highest BCUT2D eigenvalue weighted by Crippen LogP contribution is 2.31. The molecule has 2 aliphatic rings. The third-order valence-electron chi connectivity index (χ3n) is 2.23. The average molecular weight is 228 g/mol. The van der Waals surface area contributed by atoms with E-state index in [1.54, 1.807) is 13.8 Å². The lowest BCUT2D eigenvalue weighted by molar-refractivity contribution is -0.169. The van der Waals surface area contributed by atoms with Gasteiger partial charge in [0.15, 0.2) is 5.79 Å². The van der Waals surface area contributed by atoms with Gasteiger partial charge in [-0.25, -0.2) is 4.79 Å². The van der Waals surface area contributed by atoms with Gasteiger partial charge >= 0.3 is 6.09 Å². The first-order chi connectivity index (χ1) is 7.39. The van der Waals surface area contributed by atoms with Gasteiger partial charge in [0.1, 0.15) is 6.10 Å². The number of rotatable bonds is 2. The fraction of sp³-hybridized carbons (Fsp3) is 0.556. The normalized spacial score (nSPS) is 27.4. The van der Waals surface area contributed by atoms with E-state index in [1.807, 2.05) is 0 Å². The van der Waals surface area contributed by atoms with Gasteiger partial charge in [-0.3, -0.25) is 4.79 Å². The number of nitrogens with zero attached hydrogens (tertiary/aromatic N) is 1. The molecule has 0 aliphatic carbocycles. The second kappa shape index (κ2) is 3.46. The van der Waals surface area contributed by atoms with Gasteiger partial charge in [0.2, 0.25) is 0 Å². The zero-order chi connectivity index (χ0) is 11.9. The SMILES string of the molecule is CC1(C)OC[C@@H](C2=CC(=O)N2OC(N)=O)O1. The van der Waals surface area contributed by atoms with Crippen LogP contribution >= 0.6 is 0 Å². The van der Waals surface area contributed by atoms with Gasteiger partial charge in [-0.1, -0.05) is 0 Å². The zero-order valence-corrected chi connectivity index (χ0v) is 8.93. The molecule has 0 saturated carbocycles. The molecule has 1 saturated heterocycles. The molecular weight excluding hydrogens is 216 g/mol. The summed E-state index contributed by atoms with van der Waals surface area (Å²) < 4.78 is 10.8. The van der Waals surface area contributed by atoms with Crippen molar-refractivity contribution in [2.45, 2.75) is 25.7 Å². The van der Waals surface area contributed by atoms with Crippen LogP contribution in [0.5, 0.6) is 0 Å². The summed E-state index contributed by atoms with van der Waals surface area (Å²) in [6, 6.07) is 0. The summed E-state index contributed by atoms with van der Waals surface area (Å²) in [6.45, 7) is 3.81. The van der Waals surface area contributed by atoms with Crippen molar-refractivity contribution in [3.05, 3.63) is 11.8 Å². The minimum Gasteiger partial charge on any atom is -0.347 e. The number of carbonyl (C=O) groups excluding carboxylic acids is 2. The Morgan fingerprint density at radius 3 is 2.81 bits per heavy atom. The lowest BCUT2D eigenvalue weighted by atomic mass is 10.1. The highest BCUT2D eigenvalue weighted by atomic mass is 16.8. The molecule has 2 amide bonds. The zero-order valence-electron chi connectivity index (χ0n) is 8.93. The third kappa shape index (κ3) is 1.86. The van der Waals surface area contributed by atoms with E-state index >= 15 is 0 Å². The van der Waals surface area contributed by atoms with Crippen LogP contribution in [0.4, 0.5) is 4.79 Å². The molecule has 2 N–H and O–H groups in total. The molecule has 0 bridgehead atoms. The van der Waals surface area contributed by atoms with Crippen LogP contribution in [0, 0.1) is 0 Å². The van der Waals surface area contributed by atoms with Crippen molar-refractivity contribution in [3.8, 4) is 0 Å². The molecule has 88 valence electrons. The molecule has 2 heterocycles. The number of primary amides is 1. The first-order valence-corrected chi connectivity index (χ1v) is 4.74. The fourth-order valence-corrected chi connectivity index (χ4v) is 1.55. The Morgan fingerprint density at radius 1 is 1.69 bits per heavy atom. The Balaban J connectivity index is 2.04. The van der Waals surface area contributed by atoms with Crippen LogP contribution in [0.15, 0.2) is 11.8 Å². The second-order valence-corrected chi connectivity index (χ2v) is 3.93. The van der Waals surface area contributed by atoms with Crippen molar-refractivity contribution in [2.24, 2.45) is 5.73 Å². The van der Waals surface area contributed by atoms with Crippen molar-refractivity contribution in [1.82, 2.24) is 5.06 Å². The predicted octanol–water partition coefficient (Wildman–Crippen LogP) is -0.126. The summed E-state index contributed by atoms with van der Waals surface area (Å²) in [4.78, 5) is 26.2. The molecular formula is C9H12N2O5. The number of hydrogen-bond donors (Lipinski definition) is 1. The van der Waals surface area contributed by atoms with Crippen LogP contribution in [0.2, 0.25) is 0 Å². The summed E-state index contributed by atoms with van der Waals surface area (Å²) in [5.41, 5.74) is 5.26. The van der Waals surface area contributed by atoms with E-state index in [0.717, 1.165) is 5.06 Å². The molecule has 2 aliphatic heterocycles.